The van der Waals surface area contributed by atoms with E-state index in [4.69, 9.17) is 69.3 Å². The van der Waals surface area contributed by atoms with Crippen LogP contribution >= 0.6 is 46.4 Å². The molecule has 3 saturated carbocycles. The van der Waals surface area contributed by atoms with Gasteiger partial charge in [0.05, 0.1) is 29.8 Å². The SMILES string of the molecule is CC1(NS(=O)(=O)c2ccc3c(Cl)cnc(Cl)c3c2)CCCC1.CC1(NS(=O)(=O)c2ccc3c(Cl)cnc(N=C(N)N)c3c2)CCCC1.NC(N)=Nc1ncc(Cl)c2ccc(S(=O)(=O)NC3(C(=O)O)CCCC3)cc12. The van der Waals surface area contributed by atoms with E-state index < -0.39 is 47.1 Å². The molecule has 27 heteroatoms. The van der Waals surface area contributed by atoms with Gasteiger partial charge >= 0.3 is 5.97 Å². The van der Waals surface area contributed by atoms with E-state index in [1.807, 2.05) is 13.8 Å². The minimum absolute atomic E-state index is 0.111. The number of benzene rings is 3. The number of aliphatic imine (C=N–C) groups is 2. The van der Waals surface area contributed by atoms with Gasteiger partial charge in [0.25, 0.3) is 0 Å². The fourth-order valence-electron chi connectivity index (χ4n) is 9.36. The molecule has 3 aliphatic carbocycles. The number of nitrogens with one attached hydrogen (secondary N) is 3. The molecular weight excluding hydrogens is 1100 g/mol. The normalized spacial score (nSPS) is 17.0. The molecule has 0 saturated heterocycles. The van der Waals surface area contributed by atoms with Gasteiger partial charge < -0.3 is 28.0 Å². The van der Waals surface area contributed by atoms with Crippen molar-refractivity contribution in [3.63, 3.8) is 0 Å². The number of hydrogen-bond donors (Lipinski definition) is 8. The van der Waals surface area contributed by atoms with Crippen LogP contribution in [0.4, 0.5) is 11.6 Å². The molecule has 9 rings (SSSR count). The van der Waals surface area contributed by atoms with Crippen LogP contribution in [0, 0.1) is 0 Å². The number of sulfonamides is 3. The summed E-state index contributed by atoms with van der Waals surface area (Å²) in [6.45, 7) is 3.88. The van der Waals surface area contributed by atoms with E-state index in [-0.39, 0.29) is 61.8 Å². The minimum atomic E-state index is -4.11. The average molecular weight is 1150 g/mol. The summed E-state index contributed by atoms with van der Waals surface area (Å²) in [5, 5.41) is 14.1. The zero-order valence-corrected chi connectivity index (χ0v) is 45.5. The minimum Gasteiger partial charge on any atom is -0.480 e. The van der Waals surface area contributed by atoms with Crippen molar-refractivity contribution in [2.24, 2.45) is 32.9 Å². The highest BCUT2D eigenvalue weighted by Crippen LogP contribution is 2.37. The van der Waals surface area contributed by atoms with E-state index in [1.54, 1.807) is 18.2 Å². The monoisotopic (exact) mass is 1150 g/mol. The number of aromatic nitrogens is 3. The van der Waals surface area contributed by atoms with Gasteiger partial charge in [-0.3, -0.25) is 4.79 Å². The lowest BCUT2D eigenvalue weighted by atomic mass is 10.0. The van der Waals surface area contributed by atoms with Gasteiger partial charge in [-0.15, -0.1) is 0 Å². The Labute approximate surface area is 448 Å². The summed E-state index contributed by atoms with van der Waals surface area (Å²) in [7, 11) is -11.4. The number of aliphatic carboxylic acids is 1. The largest absolute Gasteiger partial charge is 0.480 e. The van der Waals surface area contributed by atoms with Gasteiger partial charge in [0.15, 0.2) is 23.6 Å². The molecule has 20 nitrogen and oxygen atoms in total. The van der Waals surface area contributed by atoms with Crippen molar-refractivity contribution in [2.45, 2.75) is 122 Å². The highest BCUT2D eigenvalue weighted by molar-refractivity contribution is 7.90. The molecular formula is C47H54Cl4N12O8S3. The Balaban J connectivity index is 0.000000163. The van der Waals surface area contributed by atoms with Crippen LogP contribution in [0.3, 0.4) is 0 Å². The van der Waals surface area contributed by atoms with Crippen LogP contribution in [0.1, 0.15) is 90.9 Å². The number of carbonyl (C=O) groups is 1. The van der Waals surface area contributed by atoms with E-state index in [9.17, 15) is 35.2 Å². The van der Waals surface area contributed by atoms with E-state index >= 15 is 0 Å². The predicted octanol–water partition coefficient (Wildman–Crippen LogP) is 8.03. The summed E-state index contributed by atoms with van der Waals surface area (Å²) in [5.74, 6) is -1.26. The van der Waals surface area contributed by atoms with Gasteiger partial charge in [0.1, 0.15) is 10.7 Å². The van der Waals surface area contributed by atoms with Gasteiger partial charge in [-0.25, -0.2) is 49.6 Å². The molecule has 6 aromatic rings. The first-order chi connectivity index (χ1) is 34.7. The third-order valence-corrected chi connectivity index (χ3v) is 19.1. The lowest BCUT2D eigenvalue weighted by Gasteiger charge is -2.25. The lowest BCUT2D eigenvalue weighted by Crippen LogP contribution is -2.52. The van der Waals surface area contributed by atoms with Gasteiger partial charge in [-0.05, 0) is 88.8 Å². The molecule has 3 aromatic heterocycles. The number of carboxylic acids is 1. The Morgan fingerprint density at radius 1 is 0.514 bits per heavy atom. The number of guanidine groups is 2. The number of halogens is 4. The van der Waals surface area contributed by atoms with Gasteiger partial charge in [-0.2, -0.15) is 14.7 Å². The van der Waals surface area contributed by atoms with Crippen LogP contribution in [0.25, 0.3) is 32.3 Å². The third kappa shape index (κ3) is 12.9. The maximum atomic E-state index is 12.8. The summed E-state index contributed by atoms with van der Waals surface area (Å²) in [6.07, 6.45) is 13.5. The summed E-state index contributed by atoms with van der Waals surface area (Å²) < 4.78 is 84.6. The first-order valence-corrected chi connectivity index (χ1v) is 29.1. The van der Waals surface area contributed by atoms with Gasteiger partial charge in [0.2, 0.25) is 30.1 Å². The average Bonchev–Trinajstić information content (AvgIpc) is 4.11. The summed E-state index contributed by atoms with van der Waals surface area (Å²) in [6, 6.07) is 13.6. The summed E-state index contributed by atoms with van der Waals surface area (Å²) in [5.41, 5.74) is 19.4. The van der Waals surface area contributed by atoms with Crippen molar-refractivity contribution in [3.8, 4) is 0 Å². The lowest BCUT2D eigenvalue weighted by molar-refractivity contribution is -0.143. The van der Waals surface area contributed by atoms with Crippen LogP contribution < -0.4 is 37.1 Å². The highest BCUT2D eigenvalue weighted by Gasteiger charge is 2.45. The number of carboxylic acid groups (broad SMARTS) is 1. The van der Waals surface area contributed by atoms with E-state index in [2.05, 4.69) is 39.1 Å². The summed E-state index contributed by atoms with van der Waals surface area (Å²) in [4.78, 5) is 31.8. The molecule has 3 heterocycles. The second-order valence-electron chi connectivity index (χ2n) is 18.9. The number of nitrogens with two attached hydrogens (primary N) is 4. The van der Waals surface area contributed by atoms with Gasteiger partial charge in [-0.1, -0.05) is 103 Å². The summed E-state index contributed by atoms with van der Waals surface area (Å²) >= 11 is 24.4. The molecule has 12 N–H and O–H groups in total. The molecule has 0 radical (unpaired) electrons. The van der Waals surface area contributed by atoms with Crippen molar-refractivity contribution >= 4 is 138 Å². The van der Waals surface area contributed by atoms with Crippen molar-refractivity contribution in [1.29, 1.82) is 0 Å². The topological polar surface area (TPSA) is 343 Å². The number of rotatable bonds is 12. The molecule has 74 heavy (non-hydrogen) atoms. The predicted molar refractivity (Wildman–Crippen MR) is 290 cm³/mol. The van der Waals surface area contributed by atoms with Gasteiger partial charge in [0, 0.05) is 62.0 Å². The molecule has 0 amide bonds. The number of pyridine rings is 3. The Morgan fingerprint density at radius 3 is 1.20 bits per heavy atom. The molecule has 3 fully saturated rings. The molecule has 0 bridgehead atoms. The van der Waals surface area contributed by atoms with Crippen molar-refractivity contribution < 1.29 is 35.2 Å². The zero-order valence-electron chi connectivity index (χ0n) is 40.0. The maximum Gasteiger partial charge on any atom is 0.324 e. The standard InChI is InChI=1S/C16H18ClN5O4S.C16H20ClN5O2S.C15H16Cl2N2O2S/c17-12-8-20-13(21-15(18)19)11-7-9(3-4-10(11)12)27(25,26)22-16(14(23)24)5-1-2-6-16;1-16(6-2-3-7-16)22-25(23,24)10-4-5-11-12(8-10)14(21-15(18)19)20-9-13(11)17;1-15(6-2-3-7-15)19-22(20,21)10-4-5-11-12(8-10)14(17)18-9-13(11)16/h3-4,7-8,22H,1-2,5-6H2,(H,23,24)(H4,18,19,20,21);4-5,8-9,22H,2-3,6-7H2,1H3,(H4,18,19,20,21);4-5,8-9,19H,2-3,6-7H2,1H3. The molecule has 396 valence electrons. The Kier molecular flexibility index (Phi) is 16.9. The van der Waals surface area contributed by atoms with E-state index in [1.165, 1.54) is 55.0 Å². The Morgan fingerprint density at radius 2 is 0.838 bits per heavy atom. The quantitative estimate of drug-likeness (QED) is 0.0327. The number of nitrogens with zero attached hydrogens (tertiary/aromatic N) is 5. The molecule has 3 aromatic carbocycles. The fraction of sp³-hybridized carbons (Fsp3) is 0.362. The van der Waals surface area contributed by atoms with Crippen LogP contribution in [-0.4, -0.2) is 79.8 Å². The Hall–Kier alpha value is -5.21. The highest BCUT2D eigenvalue weighted by atomic mass is 35.5. The van der Waals surface area contributed by atoms with Crippen molar-refractivity contribution in [1.82, 2.24) is 29.1 Å². The van der Waals surface area contributed by atoms with Crippen LogP contribution in [0.15, 0.2) is 97.9 Å². The van der Waals surface area contributed by atoms with Crippen molar-refractivity contribution in [3.05, 3.63) is 93.4 Å². The second-order valence-corrected chi connectivity index (χ2v) is 25.5. The van der Waals surface area contributed by atoms with Crippen LogP contribution in [0.2, 0.25) is 20.2 Å². The number of fused-ring (bicyclic) bond motifs is 3. The van der Waals surface area contributed by atoms with Crippen LogP contribution in [-0.2, 0) is 34.9 Å². The first-order valence-electron chi connectivity index (χ1n) is 23.1. The third-order valence-electron chi connectivity index (χ3n) is 13.1. The van der Waals surface area contributed by atoms with E-state index in [0.717, 1.165) is 51.4 Å². The second kappa shape index (κ2) is 22.2. The zero-order chi connectivity index (χ0) is 54.0. The molecule has 3 aliphatic rings. The first kappa shape index (κ1) is 56.5. The van der Waals surface area contributed by atoms with E-state index in [0.29, 0.717) is 60.2 Å². The number of hydrogen-bond acceptors (Lipinski definition) is 12. The van der Waals surface area contributed by atoms with Crippen molar-refractivity contribution in [2.75, 3.05) is 0 Å². The molecule has 0 unspecified atom stereocenters. The Bertz CT molecular complexity index is 3560. The molecule has 0 spiro atoms. The molecule has 0 aliphatic heterocycles. The fourth-order valence-corrected chi connectivity index (χ4v) is 14.6. The maximum absolute atomic E-state index is 12.8. The smallest absolute Gasteiger partial charge is 0.324 e. The van der Waals surface area contributed by atoms with Crippen LogP contribution in [0.5, 0.6) is 0 Å². The molecule has 0 atom stereocenters.